The smallest absolute Gasteiger partial charge is 0.289 e. The van der Waals surface area contributed by atoms with Crippen LogP contribution >= 0.6 is 0 Å². The molecule has 1 unspecified atom stereocenters. The van der Waals surface area contributed by atoms with Crippen molar-refractivity contribution in [1.29, 1.82) is 0 Å². The second-order valence-corrected chi connectivity index (χ2v) is 10.9. The number of rotatable bonds is 8. The van der Waals surface area contributed by atoms with Gasteiger partial charge >= 0.3 is 0 Å². The van der Waals surface area contributed by atoms with Gasteiger partial charge in [-0.3, -0.25) is 9.59 Å². The summed E-state index contributed by atoms with van der Waals surface area (Å²) in [4.78, 5) is 29.9. The molecule has 2 heterocycles. The number of carbonyl (C=O) groups is 2. The number of aryl methyl sites for hydroxylation is 1. The standard InChI is InChI=1S/C34H34N2O4/c1-23-8-10-26(11-9-23)32-30-20-28(15-14-25(30)18-19-36(32)33(37)27-12-13-27)39-22-29-16-17-31(40-29)34(38)35(2)21-24-6-4-3-5-7-24/h3-11,14-17,20,27,32H,12-13,18-19,21-22H2,1-2H3. The molecule has 1 aliphatic heterocycles. The quantitative estimate of drug-likeness (QED) is 0.265. The van der Waals surface area contributed by atoms with Gasteiger partial charge in [0.1, 0.15) is 18.1 Å². The van der Waals surface area contributed by atoms with Crippen LogP contribution in [-0.2, 0) is 24.4 Å². The van der Waals surface area contributed by atoms with Gasteiger partial charge in [0.15, 0.2) is 5.76 Å². The van der Waals surface area contributed by atoms with Crippen LogP contribution in [0.4, 0.5) is 0 Å². The Hall–Kier alpha value is -4.32. The zero-order valence-electron chi connectivity index (χ0n) is 23.0. The summed E-state index contributed by atoms with van der Waals surface area (Å²) >= 11 is 0. The number of ether oxygens (including phenoxy) is 1. The maximum atomic E-state index is 13.3. The molecule has 204 valence electrons. The molecule has 0 spiro atoms. The van der Waals surface area contributed by atoms with Gasteiger partial charge in [-0.05, 0) is 72.7 Å². The van der Waals surface area contributed by atoms with Crippen molar-refractivity contribution in [1.82, 2.24) is 9.80 Å². The van der Waals surface area contributed by atoms with E-state index in [0.717, 1.165) is 42.5 Å². The van der Waals surface area contributed by atoms with Crippen LogP contribution in [0.1, 0.15) is 63.0 Å². The molecule has 1 aliphatic carbocycles. The minimum absolute atomic E-state index is 0.131. The highest BCUT2D eigenvalue weighted by Gasteiger charge is 2.39. The Morgan fingerprint density at radius 1 is 0.975 bits per heavy atom. The fourth-order valence-electron chi connectivity index (χ4n) is 5.44. The van der Waals surface area contributed by atoms with E-state index in [1.54, 1.807) is 24.1 Å². The molecule has 6 rings (SSSR count). The second kappa shape index (κ2) is 11.0. The van der Waals surface area contributed by atoms with E-state index >= 15 is 0 Å². The van der Waals surface area contributed by atoms with E-state index in [1.165, 1.54) is 11.1 Å². The SMILES string of the molecule is Cc1ccc(C2c3cc(OCc4ccc(C(=O)N(C)Cc5ccccc5)o4)ccc3CCN2C(=O)C2CC2)cc1. The van der Waals surface area contributed by atoms with E-state index in [2.05, 4.69) is 48.2 Å². The van der Waals surface area contributed by atoms with Crippen molar-refractivity contribution in [3.8, 4) is 5.75 Å². The molecule has 1 aromatic heterocycles. The van der Waals surface area contributed by atoms with E-state index in [-0.39, 0.29) is 36.1 Å². The molecular formula is C34H34N2O4. The molecule has 3 aromatic carbocycles. The predicted molar refractivity (Wildman–Crippen MR) is 153 cm³/mol. The first-order chi connectivity index (χ1) is 19.5. The van der Waals surface area contributed by atoms with E-state index in [1.807, 2.05) is 36.4 Å². The Morgan fingerprint density at radius 3 is 2.50 bits per heavy atom. The Kier molecular flexibility index (Phi) is 7.16. The van der Waals surface area contributed by atoms with Crippen molar-refractivity contribution in [2.75, 3.05) is 13.6 Å². The zero-order chi connectivity index (χ0) is 27.6. The summed E-state index contributed by atoms with van der Waals surface area (Å²) in [6.07, 6.45) is 2.81. The van der Waals surface area contributed by atoms with Crippen molar-refractivity contribution in [2.45, 2.75) is 45.4 Å². The molecule has 6 nitrogen and oxygen atoms in total. The van der Waals surface area contributed by atoms with Gasteiger partial charge in [0, 0.05) is 26.1 Å². The van der Waals surface area contributed by atoms with Gasteiger partial charge in [-0.25, -0.2) is 0 Å². The molecule has 2 amide bonds. The van der Waals surface area contributed by atoms with Gasteiger partial charge in [-0.2, -0.15) is 0 Å². The van der Waals surface area contributed by atoms with Crippen LogP contribution in [0.2, 0.25) is 0 Å². The Bertz CT molecular complexity index is 1500. The molecule has 0 radical (unpaired) electrons. The average molecular weight is 535 g/mol. The van der Waals surface area contributed by atoms with Crippen LogP contribution in [0, 0.1) is 12.8 Å². The van der Waals surface area contributed by atoms with E-state index < -0.39 is 0 Å². The summed E-state index contributed by atoms with van der Waals surface area (Å²) in [5, 5.41) is 0. The number of benzene rings is 3. The number of carbonyl (C=O) groups excluding carboxylic acids is 2. The highest BCUT2D eigenvalue weighted by molar-refractivity contribution is 5.91. The number of amides is 2. The molecule has 0 bridgehead atoms. The number of fused-ring (bicyclic) bond motifs is 1. The van der Waals surface area contributed by atoms with Crippen molar-refractivity contribution in [3.05, 3.63) is 124 Å². The van der Waals surface area contributed by atoms with Crippen LogP contribution < -0.4 is 4.74 Å². The minimum Gasteiger partial charge on any atom is -0.486 e. The summed E-state index contributed by atoms with van der Waals surface area (Å²) in [5.41, 5.74) is 5.72. The molecule has 1 fully saturated rings. The third kappa shape index (κ3) is 5.53. The molecule has 40 heavy (non-hydrogen) atoms. The first kappa shape index (κ1) is 25.9. The van der Waals surface area contributed by atoms with Crippen molar-refractivity contribution < 1.29 is 18.7 Å². The number of hydrogen-bond acceptors (Lipinski definition) is 4. The third-order valence-corrected chi connectivity index (χ3v) is 7.81. The lowest BCUT2D eigenvalue weighted by atomic mass is 9.87. The fraction of sp³-hybridized carbons (Fsp3) is 0.294. The summed E-state index contributed by atoms with van der Waals surface area (Å²) in [6, 6.07) is 27.9. The normalized spacial score (nSPS) is 16.4. The summed E-state index contributed by atoms with van der Waals surface area (Å²) < 4.78 is 12.0. The minimum atomic E-state index is -0.176. The van der Waals surface area contributed by atoms with Crippen LogP contribution in [0.3, 0.4) is 0 Å². The first-order valence-corrected chi connectivity index (χ1v) is 14.0. The summed E-state index contributed by atoms with van der Waals surface area (Å²) in [5.74, 6) is 1.82. The van der Waals surface area contributed by atoms with Crippen LogP contribution in [0.25, 0.3) is 0 Å². The monoisotopic (exact) mass is 534 g/mol. The third-order valence-electron chi connectivity index (χ3n) is 7.81. The van der Waals surface area contributed by atoms with Gasteiger partial charge in [0.05, 0.1) is 6.04 Å². The van der Waals surface area contributed by atoms with Crippen LogP contribution in [0.15, 0.2) is 89.3 Å². The van der Waals surface area contributed by atoms with Gasteiger partial charge in [-0.15, -0.1) is 0 Å². The number of hydrogen-bond donors (Lipinski definition) is 0. The highest BCUT2D eigenvalue weighted by Crippen LogP contribution is 2.41. The lowest BCUT2D eigenvalue weighted by Crippen LogP contribution is -2.41. The zero-order valence-corrected chi connectivity index (χ0v) is 23.0. The summed E-state index contributed by atoms with van der Waals surface area (Å²) in [6.45, 7) is 3.51. The molecule has 0 saturated heterocycles. The summed E-state index contributed by atoms with van der Waals surface area (Å²) in [7, 11) is 1.77. The first-order valence-electron chi connectivity index (χ1n) is 14.0. The molecule has 6 heteroatoms. The van der Waals surface area contributed by atoms with Crippen molar-refractivity contribution in [2.24, 2.45) is 5.92 Å². The van der Waals surface area contributed by atoms with Gasteiger partial charge in [0.25, 0.3) is 5.91 Å². The maximum absolute atomic E-state index is 13.3. The van der Waals surface area contributed by atoms with Gasteiger partial charge < -0.3 is 19.0 Å². The Morgan fingerprint density at radius 2 is 1.75 bits per heavy atom. The molecular weight excluding hydrogens is 500 g/mol. The fourth-order valence-corrected chi connectivity index (χ4v) is 5.44. The predicted octanol–water partition coefficient (Wildman–Crippen LogP) is 6.32. The lowest BCUT2D eigenvalue weighted by Gasteiger charge is -2.38. The van der Waals surface area contributed by atoms with Gasteiger partial charge in [0.2, 0.25) is 5.91 Å². The van der Waals surface area contributed by atoms with Crippen LogP contribution in [-0.4, -0.2) is 35.2 Å². The number of furan rings is 1. The topological polar surface area (TPSA) is 63.0 Å². The lowest BCUT2D eigenvalue weighted by molar-refractivity contribution is -0.134. The molecule has 0 N–H and O–H groups in total. The molecule has 1 saturated carbocycles. The highest BCUT2D eigenvalue weighted by atomic mass is 16.5. The van der Waals surface area contributed by atoms with Crippen LogP contribution in [0.5, 0.6) is 5.75 Å². The Balaban J connectivity index is 1.18. The van der Waals surface area contributed by atoms with E-state index in [9.17, 15) is 9.59 Å². The van der Waals surface area contributed by atoms with Crippen molar-refractivity contribution >= 4 is 11.8 Å². The Labute approximate surface area is 235 Å². The largest absolute Gasteiger partial charge is 0.486 e. The molecule has 4 aromatic rings. The van der Waals surface area contributed by atoms with Gasteiger partial charge in [-0.1, -0.05) is 66.2 Å². The van der Waals surface area contributed by atoms with E-state index in [4.69, 9.17) is 9.15 Å². The second-order valence-electron chi connectivity index (χ2n) is 10.9. The maximum Gasteiger partial charge on any atom is 0.289 e. The molecule has 2 aliphatic rings. The van der Waals surface area contributed by atoms with Crippen molar-refractivity contribution in [3.63, 3.8) is 0 Å². The van der Waals surface area contributed by atoms with E-state index in [0.29, 0.717) is 18.1 Å². The average Bonchev–Trinajstić information content (AvgIpc) is 3.73. The molecule has 1 atom stereocenters. The number of nitrogens with zero attached hydrogens (tertiary/aromatic N) is 2.